The van der Waals surface area contributed by atoms with Crippen molar-refractivity contribution in [1.82, 2.24) is 29.2 Å². The molecule has 8 nitrogen and oxygen atoms in total. The molecule has 30 heavy (non-hydrogen) atoms. The Morgan fingerprint density at radius 1 is 1.37 bits per heavy atom. The zero-order valence-electron chi connectivity index (χ0n) is 17.1. The van der Waals surface area contributed by atoms with Gasteiger partial charge in [-0.25, -0.2) is 9.38 Å². The Bertz CT molecular complexity index is 1230. The molecule has 1 aliphatic rings. The van der Waals surface area contributed by atoms with Crippen molar-refractivity contribution in [2.24, 2.45) is 0 Å². The van der Waals surface area contributed by atoms with Crippen LogP contribution in [0.1, 0.15) is 62.3 Å². The normalized spacial score (nSPS) is 16.5. The first kappa shape index (κ1) is 19.7. The molecule has 0 aliphatic heterocycles. The Kier molecular flexibility index (Phi) is 5.36. The molecule has 4 aromatic heterocycles. The van der Waals surface area contributed by atoms with Crippen molar-refractivity contribution >= 4 is 50.7 Å². The van der Waals surface area contributed by atoms with Crippen LogP contribution in [0.4, 0.5) is 0 Å². The third-order valence-corrected chi connectivity index (χ3v) is 7.80. The average Bonchev–Trinajstić information content (AvgIpc) is 3.45. The van der Waals surface area contributed by atoms with Gasteiger partial charge in [-0.1, -0.05) is 38.5 Å². The SMILES string of the molecule is CCCCCOC(=O)CSc1nnc2n3ncnc3c3c4c(sc3n12)CCCC4C. The van der Waals surface area contributed by atoms with Crippen molar-refractivity contribution in [2.75, 3.05) is 12.4 Å². The van der Waals surface area contributed by atoms with E-state index in [1.165, 1.54) is 35.0 Å². The predicted molar refractivity (Wildman–Crippen MR) is 117 cm³/mol. The number of rotatable bonds is 7. The highest BCUT2D eigenvalue weighted by atomic mass is 32.2. The highest BCUT2D eigenvalue weighted by Gasteiger charge is 2.28. The summed E-state index contributed by atoms with van der Waals surface area (Å²) in [4.78, 5) is 19.2. The molecular formula is C20H24N6O2S2. The largest absolute Gasteiger partial charge is 0.465 e. The molecule has 158 valence electrons. The Morgan fingerprint density at radius 2 is 2.27 bits per heavy atom. The molecule has 0 N–H and O–H groups in total. The highest BCUT2D eigenvalue weighted by molar-refractivity contribution is 7.99. The summed E-state index contributed by atoms with van der Waals surface area (Å²) in [7, 11) is 0. The molecule has 0 amide bonds. The summed E-state index contributed by atoms with van der Waals surface area (Å²) in [6, 6.07) is 0. The second-order valence-electron chi connectivity index (χ2n) is 7.74. The fourth-order valence-corrected chi connectivity index (χ4v) is 6.45. The van der Waals surface area contributed by atoms with Crippen LogP contribution in [-0.4, -0.2) is 47.5 Å². The van der Waals surface area contributed by atoms with Gasteiger partial charge >= 0.3 is 5.97 Å². The number of aryl methyl sites for hydroxylation is 1. The molecule has 5 rings (SSSR count). The van der Waals surface area contributed by atoms with Crippen molar-refractivity contribution in [3.63, 3.8) is 0 Å². The van der Waals surface area contributed by atoms with E-state index >= 15 is 0 Å². The van der Waals surface area contributed by atoms with Crippen molar-refractivity contribution in [1.29, 1.82) is 0 Å². The van der Waals surface area contributed by atoms with E-state index in [-0.39, 0.29) is 11.7 Å². The maximum absolute atomic E-state index is 12.1. The average molecular weight is 445 g/mol. The third-order valence-electron chi connectivity index (χ3n) is 5.65. The van der Waals surface area contributed by atoms with E-state index < -0.39 is 0 Å². The van der Waals surface area contributed by atoms with Crippen molar-refractivity contribution in [3.8, 4) is 0 Å². The molecule has 0 spiro atoms. The summed E-state index contributed by atoms with van der Waals surface area (Å²) in [5.41, 5.74) is 2.23. The van der Waals surface area contributed by atoms with Crippen LogP contribution in [0.5, 0.6) is 0 Å². The Labute approximate surface area is 182 Å². The Balaban J connectivity index is 1.53. The lowest BCUT2D eigenvalue weighted by Gasteiger charge is -2.18. The summed E-state index contributed by atoms with van der Waals surface area (Å²) in [6.45, 7) is 4.90. The van der Waals surface area contributed by atoms with Gasteiger partial charge in [0.05, 0.1) is 17.7 Å². The molecule has 1 unspecified atom stereocenters. The van der Waals surface area contributed by atoms with E-state index in [9.17, 15) is 4.79 Å². The number of hydrogen-bond donors (Lipinski definition) is 0. The van der Waals surface area contributed by atoms with Crippen molar-refractivity contribution in [2.45, 2.75) is 63.4 Å². The summed E-state index contributed by atoms with van der Waals surface area (Å²) in [5, 5.41) is 15.0. The summed E-state index contributed by atoms with van der Waals surface area (Å²) in [6.07, 6.45) is 8.14. The number of thiophene rings is 1. The van der Waals surface area contributed by atoms with Crippen LogP contribution < -0.4 is 0 Å². The molecule has 10 heteroatoms. The number of thioether (sulfide) groups is 1. The monoisotopic (exact) mass is 444 g/mol. The number of hydrogen-bond acceptors (Lipinski definition) is 8. The van der Waals surface area contributed by atoms with Crippen LogP contribution in [0.15, 0.2) is 11.5 Å². The molecule has 4 heterocycles. The van der Waals surface area contributed by atoms with Crippen LogP contribution >= 0.6 is 23.1 Å². The standard InChI is InChI=1S/C20H24N6O2S2/c1-3-4-5-9-28-14(27)10-29-20-24-23-19-25(20)18-16(17-21-11-22-26(17)19)15-12(2)7-6-8-13(15)30-18/h11-12H,3-10H2,1-2H3. The quantitative estimate of drug-likeness (QED) is 0.239. The van der Waals surface area contributed by atoms with Gasteiger partial charge in [0, 0.05) is 4.88 Å². The maximum Gasteiger partial charge on any atom is 0.316 e. The van der Waals surface area contributed by atoms with Crippen LogP contribution in [0, 0.1) is 0 Å². The van der Waals surface area contributed by atoms with E-state index in [0.29, 0.717) is 23.5 Å². The second kappa shape index (κ2) is 8.14. The van der Waals surface area contributed by atoms with Gasteiger partial charge in [0.1, 0.15) is 11.2 Å². The van der Waals surface area contributed by atoms with Gasteiger partial charge in [-0.2, -0.15) is 9.61 Å². The molecule has 0 bridgehead atoms. The first-order chi connectivity index (χ1) is 14.7. The lowest BCUT2D eigenvalue weighted by atomic mass is 9.87. The van der Waals surface area contributed by atoms with Crippen LogP contribution in [0.2, 0.25) is 0 Å². The Hall–Kier alpha value is -2.20. The summed E-state index contributed by atoms with van der Waals surface area (Å²) >= 11 is 3.16. The Morgan fingerprint density at radius 3 is 3.13 bits per heavy atom. The highest BCUT2D eigenvalue weighted by Crippen LogP contribution is 2.44. The first-order valence-corrected chi connectivity index (χ1v) is 12.3. The van der Waals surface area contributed by atoms with Gasteiger partial charge in [0.15, 0.2) is 10.8 Å². The minimum Gasteiger partial charge on any atom is -0.465 e. The molecule has 0 saturated carbocycles. The summed E-state index contributed by atoms with van der Waals surface area (Å²) in [5.74, 6) is 1.11. The van der Waals surface area contributed by atoms with Gasteiger partial charge < -0.3 is 4.74 Å². The van der Waals surface area contributed by atoms with E-state index in [2.05, 4.69) is 34.1 Å². The zero-order chi connectivity index (χ0) is 20.7. The van der Waals surface area contributed by atoms with Crippen LogP contribution in [0.3, 0.4) is 0 Å². The molecule has 0 saturated heterocycles. The number of nitrogens with zero attached hydrogens (tertiary/aromatic N) is 6. The third kappa shape index (κ3) is 3.26. The minimum absolute atomic E-state index is 0.214. The van der Waals surface area contributed by atoms with Gasteiger partial charge in [0.25, 0.3) is 5.78 Å². The van der Waals surface area contributed by atoms with Crippen LogP contribution in [0.25, 0.3) is 21.6 Å². The van der Waals surface area contributed by atoms with Crippen molar-refractivity contribution < 1.29 is 9.53 Å². The number of aromatic nitrogens is 6. The maximum atomic E-state index is 12.1. The molecular weight excluding hydrogens is 420 g/mol. The molecule has 0 radical (unpaired) electrons. The number of carbonyl (C=O) groups is 1. The lowest BCUT2D eigenvalue weighted by molar-refractivity contribution is -0.140. The molecule has 1 aliphatic carbocycles. The van der Waals surface area contributed by atoms with E-state index in [4.69, 9.17) is 4.74 Å². The second-order valence-corrected chi connectivity index (χ2v) is 9.77. The van der Waals surface area contributed by atoms with Gasteiger partial charge in [-0.05, 0) is 37.2 Å². The van der Waals surface area contributed by atoms with Gasteiger partial charge in [0.2, 0.25) is 0 Å². The van der Waals surface area contributed by atoms with E-state index in [1.54, 1.807) is 22.2 Å². The number of fused-ring (bicyclic) bond motifs is 8. The zero-order valence-corrected chi connectivity index (χ0v) is 18.8. The van der Waals surface area contributed by atoms with Crippen LogP contribution in [-0.2, 0) is 16.0 Å². The number of esters is 1. The van der Waals surface area contributed by atoms with Gasteiger partial charge in [-0.15, -0.1) is 21.5 Å². The molecule has 0 aromatic carbocycles. The van der Waals surface area contributed by atoms with E-state index in [0.717, 1.165) is 41.5 Å². The van der Waals surface area contributed by atoms with Gasteiger partial charge in [-0.3, -0.25) is 4.79 Å². The first-order valence-electron chi connectivity index (χ1n) is 10.5. The predicted octanol–water partition coefficient (Wildman–Crippen LogP) is 4.25. The minimum atomic E-state index is -0.218. The molecule has 4 aromatic rings. The molecule has 1 atom stereocenters. The smallest absolute Gasteiger partial charge is 0.316 e. The topological polar surface area (TPSA) is 86.7 Å². The fourth-order valence-electron chi connectivity index (χ4n) is 4.20. The number of ether oxygens (including phenoxy) is 1. The number of carbonyl (C=O) groups excluding carboxylic acids is 1. The summed E-state index contributed by atoms with van der Waals surface area (Å²) < 4.78 is 9.13. The number of unbranched alkanes of at least 4 members (excludes halogenated alkanes) is 2. The fraction of sp³-hybridized carbons (Fsp3) is 0.550. The van der Waals surface area contributed by atoms with Crippen molar-refractivity contribution in [3.05, 3.63) is 16.8 Å². The molecule has 0 fully saturated rings. The van der Waals surface area contributed by atoms with E-state index in [1.807, 2.05) is 4.40 Å². The lowest BCUT2D eigenvalue weighted by Crippen LogP contribution is -2.09.